The molecule has 7 rings (SSSR count). The normalized spacial score (nSPS) is 16.7. The molecule has 254 valence electrons. The van der Waals surface area contributed by atoms with Crippen LogP contribution in [0.2, 0.25) is 0 Å². The van der Waals surface area contributed by atoms with Gasteiger partial charge in [0.15, 0.2) is 0 Å². The van der Waals surface area contributed by atoms with Crippen LogP contribution in [-0.2, 0) is 10.8 Å². The molecule has 2 aliphatic rings. The van der Waals surface area contributed by atoms with Gasteiger partial charge in [0.25, 0.3) is 0 Å². The molecular formula is C46H50I2S. The molecule has 0 radical (unpaired) electrons. The fourth-order valence-corrected chi connectivity index (χ4v) is 11.2. The molecule has 49 heavy (non-hydrogen) atoms. The van der Waals surface area contributed by atoms with E-state index in [0.717, 1.165) is 0 Å². The van der Waals surface area contributed by atoms with Crippen LogP contribution in [0.1, 0.15) is 136 Å². The van der Waals surface area contributed by atoms with Gasteiger partial charge in [-0.2, -0.15) is 0 Å². The number of unbranched alkanes of at least 4 members (excludes halogenated alkanes) is 10. The molecule has 0 bridgehead atoms. The standard InChI is InChI=1S/C46H50I2S/c1-3-5-7-9-11-16-26-45(27-17-12-10-8-6-4-2)40-29-34(47)22-24-36(40)38-32-43-39(31-41(38)45)37-25-23-35(48)30-42(37)46(43,44-21-18-28-49-44)33-19-14-13-15-20-33/h13-15,18-25,28-32H,3-12,16-17,26-27H2,1-2H3. The van der Waals surface area contributed by atoms with Gasteiger partial charge in [0, 0.05) is 17.4 Å². The van der Waals surface area contributed by atoms with Gasteiger partial charge >= 0.3 is 0 Å². The highest BCUT2D eigenvalue weighted by molar-refractivity contribution is 14.1. The van der Waals surface area contributed by atoms with Crippen LogP contribution in [-0.4, -0.2) is 0 Å². The Morgan fingerprint density at radius 3 is 1.61 bits per heavy atom. The molecule has 0 saturated carbocycles. The lowest BCUT2D eigenvalue weighted by Gasteiger charge is -2.34. The van der Waals surface area contributed by atoms with Gasteiger partial charge in [-0.05, 0) is 156 Å². The summed E-state index contributed by atoms with van der Waals surface area (Å²) in [5, 5.41) is 2.27. The molecule has 5 aromatic rings. The Morgan fingerprint density at radius 2 is 1.00 bits per heavy atom. The minimum Gasteiger partial charge on any atom is -0.147 e. The van der Waals surface area contributed by atoms with Gasteiger partial charge < -0.3 is 0 Å². The molecule has 0 spiro atoms. The zero-order valence-electron chi connectivity index (χ0n) is 29.3. The number of fused-ring (bicyclic) bond motifs is 6. The van der Waals surface area contributed by atoms with Crippen molar-refractivity contribution in [3.05, 3.63) is 136 Å². The molecule has 1 heterocycles. The topological polar surface area (TPSA) is 0 Å². The van der Waals surface area contributed by atoms with Gasteiger partial charge in [0.2, 0.25) is 0 Å². The largest absolute Gasteiger partial charge is 0.147 e. The minimum atomic E-state index is -0.330. The summed E-state index contributed by atoms with van der Waals surface area (Å²) in [6.45, 7) is 4.65. The Bertz CT molecular complexity index is 1860. The highest BCUT2D eigenvalue weighted by atomic mass is 127. The van der Waals surface area contributed by atoms with Crippen molar-refractivity contribution < 1.29 is 0 Å². The monoisotopic (exact) mass is 888 g/mol. The van der Waals surface area contributed by atoms with Gasteiger partial charge in [0.1, 0.15) is 0 Å². The predicted molar refractivity (Wildman–Crippen MR) is 229 cm³/mol. The van der Waals surface area contributed by atoms with E-state index in [1.807, 2.05) is 11.3 Å². The van der Waals surface area contributed by atoms with E-state index < -0.39 is 0 Å². The second-order valence-electron chi connectivity index (χ2n) is 14.5. The van der Waals surface area contributed by atoms with E-state index in [9.17, 15) is 0 Å². The van der Waals surface area contributed by atoms with Crippen molar-refractivity contribution in [2.75, 3.05) is 0 Å². The van der Waals surface area contributed by atoms with E-state index in [4.69, 9.17) is 0 Å². The van der Waals surface area contributed by atoms with Crippen molar-refractivity contribution in [3.8, 4) is 22.3 Å². The van der Waals surface area contributed by atoms with Gasteiger partial charge in [-0.15, -0.1) is 11.3 Å². The molecule has 0 nitrogen and oxygen atoms in total. The minimum absolute atomic E-state index is 0.0701. The third-order valence-corrected chi connectivity index (χ3v) is 13.9. The summed E-state index contributed by atoms with van der Waals surface area (Å²) in [6, 6.07) is 35.9. The van der Waals surface area contributed by atoms with Crippen LogP contribution in [0.25, 0.3) is 22.3 Å². The van der Waals surface area contributed by atoms with Crippen LogP contribution >= 0.6 is 56.5 Å². The molecule has 0 aliphatic heterocycles. The molecular weight excluding hydrogens is 838 g/mol. The highest BCUT2D eigenvalue weighted by Crippen LogP contribution is 2.62. The second-order valence-corrected chi connectivity index (χ2v) is 18.0. The average Bonchev–Trinajstić information content (AvgIpc) is 3.81. The molecule has 3 heteroatoms. The lowest BCUT2D eigenvalue weighted by molar-refractivity contribution is 0.397. The van der Waals surface area contributed by atoms with Crippen LogP contribution < -0.4 is 0 Å². The quantitative estimate of drug-likeness (QED) is 0.0671. The fourth-order valence-electron chi connectivity index (χ4n) is 9.23. The second kappa shape index (κ2) is 15.7. The van der Waals surface area contributed by atoms with Crippen LogP contribution in [0.15, 0.2) is 96.4 Å². The molecule has 0 amide bonds. The van der Waals surface area contributed by atoms with Crippen molar-refractivity contribution in [1.29, 1.82) is 0 Å². The summed E-state index contributed by atoms with van der Waals surface area (Å²) in [5.74, 6) is 0. The van der Waals surface area contributed by atoms with E-state index in [1.54, 1.807) is 11.1 Å². The van der Waals surface area contributed by atoms with Crippen LogP contribution in [0.3, 0.4) is 0 Å². The highest BCUT2D eigenvalue weighted by Gasteiger charge is 2.50. The maximum absolute atomic E-state index is 2.70. The first kappa shape index (κ1) is 35.4. The molecule has 1 unspecified atom stereocenters. The first-order chi connectivity index (χ1) is 24.0. The van der Waals surface area contributed by atoms with Gasteiger partial charge in [-0.25, -0.2) is 0 Å². The summed E-state index contributed by atoms with van der Waals surface area (Å²) in [7, 11) is 0. The summed E-state index contributed by atoms with van der Waals surface area (Å²) < 4.78 is 2.66. The molecule has 0 saturated heterocycles. The Labute approximate surface area is 326 Å². The third-order valence-electron chi connectivity index (χ3n) is 11.6. The fraction of sp³-hybridized carbons (Fsp3) is 0.391. The van der Waals surface area contributed by atoms with Crippen LogP contribution in [0.4, 0.5) is 0 Å². The van der Waals surface area contributed by atoms with Gasteiger partial charge in [0.05, 0.1) is 5.41 Å². The molecule has 0 fully saturated rings. The maximum Gasteiger partial charge on any atom is 0.0807 e. The Balaban J connectivity index is 1.42. The summed E-state index contributed by atoms with van der Waals surface area (Å²) in [4.78, 5) is 1.41. The van der Waals surface area contributed by atoms with Crippen molar-refractivity contribution in [3.63, 3.8) is 0 Å². The zero-order chi connectivity index (χ0) is 33.8. The SMILES string of the molecule is CCCCCCCCC1(CCCCCCCC)c2cc(I)ccc2-c2cc3c(cc21)-c1ccc(I)cc1C3(c1ccccc1)c1cccs1. The first-order valence-corrected chi connectivity index (χ1v) is 22.0. The van der Waals surface area contributed by atoms with Crippen molar-refractivity contribution in [2.45, 2.75) is 115 Å². The Kier molecular flexibility index (Phi) is 11.4. The number of hydrogen-bond donors (Lipinski definition) is 0. The maximum atomic E-state index is 2.70. The average molecular weight is 889 g/mol. The van der Waals surface area contributed by atoms with Crippen LogP contribution in [0.5, 0.6) is 0 Å². The number of benzene rings is 4. The number of halogens is 2. The van der Waals surface area contributed by atoms with Gasteiger partial charge in [-0.1, -0.05) is 139 Å². The van der Waals surface area contributed by atoms with E-state index in [0.29, 0.717) is 0 Å². The number of thiophene rings is 1. The molecule has 2 aliphatic carbocycles. The van der Waals surface area contributed by atoms with Crippen molar-refractivity contribution in [2.24, 2.45) is 0 Å². The Hall–Kier alpha value is -1.96. The van der Waals surface area contributed by atoms with E-state index in [2.05, 4.69) is 155 Å². The Morgan fingerprint density at radius 1 is 0.490 bits per heavy atom. The molecule has 1 atom stereocenters. The van der Waals surface area contributed by atoms with Gasteiger partial charge in [-0.3, -0.25) is 0 Å². The lowest BCUT2D eigenvalue weighted by Crippen LogP contribution is -2.28. The molecule has 1 aromatic heterocycles. The predicted octanol–water partition coefficient (Wildman–Crippen LogP) is 15.1. The lowest BCUT2D eigenvalue weighted by atomic mass is 9.69. The van der Waals surface area contributed by atoms with E-state index >= 15 is 0 Å². The van der Waals surface area contributed by atoms with E-state index in [-0.39, 0.29) is 10.8 Å². The summed E-state index contributed by atoms with van der Waals surface area (Å²) >= 11 is 6.99. The number of hydrogen-bond acceptors (Lipinski definition) is 1. The van der Waals surface area contributed by atoms with Crippen molar-refractivity contribution >= 4 is 56.5 Å². The smallest absolute Gasteiger partial charge is 0.0807 e. The third kappa shape index (κ3) is 6.52. The van der Waals surface area contributed by atoms with E-state index in [1.165, 1.54) is 141 Å². The zero-order valence-corrected chi connectivity index (χ0v) is 34.4. The summed E-state index contributed by atoms with van der Waals surface area (Å²) in [5.41, 5.74) is 13.0. The molecule has 0 N–H and O–H groups in total. The first-order valence-electron chi connectivity index (χ1n) is 18.9. The van der Waals surface area contributed by atoms with Crippen LogP contribution in [0, 0.1) is 7.14 Å². The number of rotatable bonds is 16. The summed E-state index contributed by atoms with van der Waals surface area (Å²) in [6.07, 6.45) is 18.6. The van der Waals surface area contributed by atoms with Crippen molar-refractivity contribution in [1.82, 2.24) is 0 Å². The molecule has 4 aromatic carbocycles.